The van der Waals surface area contributed by atoms with E-state index < -0.39 is 23.7 Å². The van der Waals surface area contributed by atoms with Gasteiger partial charge in [0.1, 0.15) is 0 Å². The highest BCUT2D eigenvalue weighted by atomic mass is 19.3. The number of nitrogens with zero attached hydrogens (tertiary/aromatic N) is 1. The summed E-state index contributed by atoms with van der Waals surface area (Å²) in [5, 5.41) is 9.72. The summed E-state index contributed by atoms with van der Waals surface area (Å²) in [6.07, 6.45) is -0.650. The van der Waals surface area contributed by atoms with E-state index in [9.17, 15) is 18.7 Å². The molecule has 1 aliphatic rings. The number of pyridine rings is 1. The van der Waals surface area contributed by atoms with Crippen LogP contribution in [0.4, 0.5) is 8.78 Å². The standard InChI is InChI=1S/C14H11F2NO2/c1-8-6-10(9-4-2-3-5-11(9)17-8)13(12(18)19)7-14(13,15)16/h2-6H,7H2,1H3,(H,18,19). The van der Waals surface area contributed by atoms with Gasteiger partial charge < -0.3 is 5.11 Å². The van der Waals surface area contributed by atoms with E-state index in [2.05, 4.69) is 4.98 Å². The minimum Gasteiger partial charge on any atom is -0.480 e. The number of hydrogen-bond donors (Lipinski definition) is 1. The predicted molar refractivity (Wildman–Crippen MR) is 65.4 cm³/mol. The third-order valence-corrected chi connectivity index (χ3v) is 3.66. The molecule has 98 valence electrons. The van der Waals surface area contributed by atoms with Gasteiger partial charge >= 0.3 is 5.97 Å². The number of para-hydroxylation sites is 1. The molecule has 0 bridgehead atoms. The van der Waals surface area contributed by atoms with E-state index in [4.69, 9.17) is 0 Å². The Kier molecular flexibility index (Phi) is 2.21. The lowest BCUT2D eigenvalue weighted by atomic mass is 9.91. The smallest absolute Gasteiger partial charge is 0.320 e. The molecule has 0 aliphatic heterocycles. The largest absolute Gasteiger partial charge is 0.480 e. The van der Waals surface area contributed by atoms with Crippen LogP contribution in [0, 0.1) is 6.92 Å². The zero-order chi connectivity index (χ0) is 13.8. The topological polar surface area (TPSA) is 50.2 Å². The van der Waals surface area contributed by atoms with E-state index in [0.29, 0.717) is 16.6 Å². The van der Waals surface area contributed by atoms with E-state index >= 15 is 0 Å². The van der Waals surface area contributed by atoms with Gasteiger partial charge in [-0.1, -0.05) is 18.2 Å². The first-order valence-electron chi connectivity index (χ1n) is 5.86. The first kappa shape index (κ1) is 12.0. The molecule has 1 atom stereocenters. The van der Waals surface area contributed by atoms with E-state index in [1.165, 1.54) is 6.07 Å². The van der Waals surface area contributed by atoms with Crippen LogP contribution in [0.2, 0.25) is 0 Å². The van der Waals surface area contributed by atoms with Crippen LogP contribution in [0.15, 0.2) is 30.3 Å². The van der Waals surface area contributed by atoms with Crippen LogP contribution >= 0.6 is 0 Å². The number of benzene rings is 1. The normalized spacial score (nSPS) is 24.4. The Morgan fingerprint density at radius 3 is 2.58 bits per heavy atom. The number of rotatable bonds is 2. The van der Waals surface area contributed by atoms with Crippen molar-refractivity contribution in [3.05, 3.63) is 41.6 Å². The molecule has 1 heterocycles. The number of hydrogen-bond acceptors (Lipinski definition) is 2. The maximum atomic E-state index is 13.6. The van der Waals surface area contributed by atoms with Crippen molar-refractivity contribution < 1.29 is 18.7 Å². The van der Waals surface area contributed by atoms with Crippen LogP contribution in [-0.2, 0) is 10.2 Å². The predicted octanol–water partition coefficient (Wildman–Crippen LogP) is 2.90. The fourth-order valence-electron chi connectivity index (χ4n) is 2.59. The Hall–Kier alpha value is -2.04. The van der Waals surface area contributed by atoms with Gasteiger partial charge in [-0.05, 0) is 24.6 Å². The molecule has 5 heteroatoms. The monoisotopic (exact) mass is 263 g/mol. The van der Waals surface area contributed by atoms with Crippen molar-refractivity contribution in [2.45, 2.75) is 24.7 Å². The second-order valence-corrected chi connectivity index (χ2v) is 4.92. The van der Waals surface area contributed by atoms with Crippen LogP contribution < -0.4 is 0 Å². The number of aliphatic carboxylic acids is 1. The molecule has 0 spiro atoms. The van der Waals surface area contributed by atoms with Crippen molar-refractivity contribution >= 4 is 16.9 Å². The van der Waals surface area contributed by atoms with E-state index in [-0.39, 0.29) is 5.56 Å². The minimum atomic E-state index is -3.20. The van der Waals surface area contributed by atoms with E-state index in [0.717, 1.165) is 0 Å². The molecule has 1 aromatic heterocycles. The number of fused-ring (bicyclic) bond motifs is 1. The highest BCUT2D eigenvalue weighted by molar-refractivity contribution is 5.95. The molecule has 0 saturated heterocycles. The SMILES string of the molecule is Cc1cc(C2(C(=O)O)CC2(F)F)c2ccccc2n1. The summed E-state index contributed by atoms with van der Waals surface area (Å²) >= 11 is 0. The van der Waals surface area contributed by atoms with Crippen LogP contribution in [-0.4, -0.2) is 22.0 Å². The first-order chi connectivity index (χ1) is 8.88. The van der Waals surface area contributed by atoms with Crippen molar-refractivity contribution in [1.29, 1.82) is 0 Å². The summed E-state index contributed by atoms with van der Waals surface area (Å²) in [5.74, 6) is -4.68. The number of aryl methyl sites for hydroxylation is 1. The van der Waals surface area contributed by atoms with Gasteiger partial charge in [0.2, 0.25) is 0 Å². The Balaban J connectivity index is 2.34. The summed E-state index contributed by atoms with van der Waals surface area (Å²) in [4.78, 5) is 15.6. The molecule has 1 aromatic carbocycles. The molecule has 0 amide bonds. The number of alkyl halides is 2. The Bertz CT molecular complexity index is 699. The third-order valence-electron chi connectivity index (χ3n) is 3.66. The van der Waals surface area contributed by atoms with E-state index in [1.807, 2.05) is 0 Å². The highest BCUT2D eigenvalue weighted by Gasteiger charge is 2.77. The van der Waals surface area contributed by atoms with Crippen molar-refractivity contribution in [2.75, 3.05) is 0 Å². The molecule has 3 rings (SSSR count). The number of carboxylic acids is 1. The van der Waals surface area contributed by atoms with Crippen LogP contribution in [0.3, 0.4) is 0 Å². The lowest BCUT2D eigenvalue weighted by Crippen LogP contribution is -2.27. The van der Waals surface area contributed by atoms with Crippen LogP contribution in [0.5, 0.6) is 0 Å². The second kappa shape index (κ2) is 3.50. The summed E-state index contributed by atoms with van der Waals surface area (Å²) in [6, 6.07) is 8.23. The zero-order valence-corrected chi connectivity index (χ0v) is 10.2. The molecule has 1 aliphatic carbocycles. The molecular weight excluding hydrogens is 252 g/mol. The Labute approximate surface area is 107 Å². The van der Waals surface area contributed by atoms with Gasteiger partial charge in [-0.3, -0.25) is 9.78 Å². The van der Waals surface area contributed by atoms with Gasteiger partial charge in [0.25, 0.3) is 5.92 Å². The van der Waals surface area contributed by atoms with Crippen molar-refractivity contribution in [3.8, 4) is 0 Å². The first-order valence-corrected chi connectivity index (χ1v) is 5.86. The summed E-state index contributed by atoms with van der Waals surface area (Å²) < 4.78 is 27.3. The van der Waals surface area contributed by atoms with E-state index in [1.54, 1.807) is 31.2 Å². The summed E-state index contributed by atoms with van der Waals surface area (Å²) in [5.41, 5.74) is -0.855. The van der Waals surface area contributed by atoms with Crippen molar-refractivity contribution in [3.63, 3.8) is 0 Å². The summed E-state index contributed by atoms with van der Waals surface area (Å²) in [7, 11) is 0. The van der Waals surface area contributed by atoms with Crippen molar-refractivity contribution in [2.24, 2.45) is 0 Å². The third kappa shape index (κ3) is 1.47. The van der Waals surface area contributed by atoms with Gasteiger partial charge in [-0.2, -0.15) is 0 Å². The van der Waals surface area contributed by atoms with Crippen LogP contribution in [0.25, 0.3) is 10.9 Å². The maximum Gasteiger partial charge on any atom is 0.320 e. The molecule has 2 aromatic rings. The molecule has 1 unspecified atom stereocenters. The number of aromatic nitrogens is 1. The molecule has 1 fully saturated rings. The lowest BCUT2D eigenvalue weighted by Gasteiger charge is -2.15. The zero-order valence-electron chi connectivity index (χ0n) is 10.2. The van der Waals surface area contributed by atoms with Gasteiger partial charge in [0, 0.05) is 17.5 Å². The van der Waals surface area contributed by atoms with Gasteiger partial charge in [-0.15, -0.1) is 0 Å². The fourth-order valence-corrected chi connectivity index (χ4v) is 2.59. The molecule has 19 heavy (non-hydrogen) atoms. The molecular formula is C14H11F2NO2. The second-order valence-electron chi connectivity index (χ2n) is 4.92. The van der Waals surface area contributed by atoms with Gasteiger partial charge in [0.05, 0.1) is 5.52 Å². The molecule has 3 nitrogen and oxygen atoms in total. The molecule has 1 N–H and O–H groups in total. The lowest BCUT2D eigenvalue weighted by molar-refractivity contribution is -0.142. The quantitative estimate of drug-likeness (QED) is 0.906. The maximum absolute atomic E-state index is 13.6. The highest BCUT2D eigenvalue weighted by Crippen LogP contribution is 2.62. The van der Waals surface area contributed by atoms with Crippen molar-refractivity contribution in [1.82, 2.24) is 4.98 Å². The number of carboxylic acid groups (broad SMARTS) is 1. The molecule has 0 radical (unpaired) electrons. The average molecular weight is 263 g/mol. The number of carbonyl (C=O) groups is 1. The number of halogens is 2. The van der Waals surface area contributed by atoms with Crippen LogP contribution in [0.1, 0.15) is 17.7 Å². The van der Waals surface area contributed by atoms with Gasteiger partial charge in [-0.25, -0.2) is 8.78 Å². The Morgan fingerprint density at radius 1 is 1.37 bits per heavy atom. The fraction of sp³-hybridized carbons (Fsp3) is 0.286. The molecule has 1 saturated carbocycles. The minimum absolute atomic E-state index is 0.160. The Morgan fingerprint density at radius 2 is 2.00 bits per heavy atom. The summed E-state index contributed by atoms with van der Waals surface area (Å²) in [6.45, 7) is 1.67. The van der Waals surface area contributed by atoms with Gasteiger partial charge in [0.15, 0.2) is 5.41 Å². The average Bonchev–Trinajstić information content (AvgIpc) is 2.93.